The lowest BCUT2D eigenvalue weighted by Gasteiger charge is -2.32. The molecule has 1 saturated heterocycles. The van der Waals surface area contributed by atoms with Crippen LogP contribution in [0.2, 0.25) is 10.0 Å². The minimum atomic E-state index is 0.651. The van der Waals surface area contributed by atoms with Crippen LogP contribution in [-0.4, -0.2) is 56.1 Å². The maximum atomic E-state index is 6.18. The van der Waals surface area contributed by atoms with Crippen LogP contribution in [0.5, 0.6) is 0 Å². The monoisotopic (exact) mass is 365 g/mol. The Morgan fingerprint density at radius 2 is 1.74 bits per heavy atom. The minimum absolute atomic E-state index is 0.651. The first-order valence-electron chi connectivity index (χ1n) is 6.35. The molecule has 0 atom stereocenters. The normalized spacial score (nSPS) is 17.7. The Hall–Kier alpha value is -0.0000000000000000555. The molecule has 19 heavy (non-hydrogen) atoms. The van der Waals surface area contributed by atoms with E-state index < -0.39 is 0 Å². The third-order valence-electron chi connectivity index (χ3n) is 3.33. The third-order valence-corrected chi connectivity index (χ3v) is 4.39. The molecule has 1 heterocycles. The maximum absolute atomic E-state index is 6.18. The highest BCUT2D eigenvalue weighted by Crippen LogP contribution is 2.33. The van der Waals surface area contributed by atoms with Crippen molar-refractivity contribution in [2.45, 2.75) is 0 Å². The summed E-state index contributed by atoms with van der Waals surface area (Å²) in [6.45, 7) is 6.39. The molecule has 3 nitrogen and oxygen atoms in total. The van der Waals surface area contributed by atoms with E-state index in [2.05, 4.69) is 38.1 Å². The molecule has 0 radical (unpaired) electrons. The van der Waals surface area contributed by atoms with Crippen LogP contribution in [0.3, 0.4) is 0 Å². The van der Waals surface area contributed by atoms with Crippen molar-refractivity contribution in [3.8, 4) is 0 Å². The molecule has 0 unspecified atom stereocenters. The fourth-order valence-corrected chi connectivity index (χ4v) is 3.46. The quantitative estimate of drug-likeness (QED) is 0.880. The lowest BCUT2D eigenvalue weighted by molar-refractivity contribution is 0.158. The number of nitrogens with zero attached hydrogens (tertiary/aromatic N) is 2. The molecular formula is C13H18BrCl2N3. The van der Waals surface area contributed by atoms with Crippen molar-refractivity contribution in [2.75, 3.05) is 51.6 Å². The number of hydrogen-bond acceptors (Lipinski definition) is 3. The van der Waals surface area contributed by atoms with Gasteiger partial charge in [0.1, 0.15) is 0 Å². The van der Waals surface area contributed by atoms with Gasteiger partial charge in [-0.1, -0.05) is 39.1 Å². The maximum Gasteiger partial charge on any atom is 0.0720 e. The molecule has 1 fully saturated rings. The second-order valence-electron chi connectivity index (χ2n) is 4.82. The average Bonchev–Trinajstić information content (AvgIpc) is 2.34. The standard InChI is InChI=1S/C13H18BrCl2N3/c1-18-4-6-19(7-5-18)3-2-17-13-11(15)8-10(14)9-12(13)16/h8-9,17H,2-7H2,1H3. The zero-order chi connectivity index (χ0) is 13.8. The molecule has 2 rings (SSSR count). The van der Waals surface area contributed by atoms with E-state index in [9.17, 15) is 0 Å². The van der Waals surface area contributed by atoms with Crippen LogP contribution < -0.4 is 5.32 Å². The van der Waals surface area contributed by atoms with Gasteiger partial charge in [-0.2, -0.15) is 0 Å². The van der Waals surface area contributed by atoms with Crippen LogP contribution in [0.25, 0.3) is 0 Å². The van der Waals surface area contributed by atoms with Gasteiger partial charge in [0.15, 0.2) is 0 Å². The third kappa shape index (κ3) is 4.50. The largest absolute Gasteiger partial charge is 0.381 e. The first kappa shape index (κ1) is 15.4. The summed E-state index contributed by atoms with van der Waals surface area (Å²) in [5, 5.41) is 4.63. The van der Waals surface area contributed by atoms with Crippen LogP contribution in [-0.2, 0) is 0 Å². The number of anilines is 1. The van der Waals surface area contributed by atoms with E-state index in [1.165, 1.54) is 0 Å². The Morgan fingerprint density at radius 3 is 2.32 bits per heavy atom. The molecule has 0 aromatic heterocycles. The van der Waals surface area contributed by atoms with Crippen LogP contribution >= 0.6 is 39.1 Å². The summed E-state index contributed by atoms with van der Waals surface area (Å²) < 4.78 is 0.895. The molecule has 0 amide bonds. The Morgan fingerprint density at radius 1 is 1.16 bits per heavy atom. The van der Waals surface area contributed by atoms with Gasteiger partial charge in [0.25, 0.3) is 0 Å². The summed E-state index contributed by atoms with van der Waals surface area (Å²) >= 11 is 15.7. The second kappa shape index (κ2) is 7.14. The highest BCUT2D eigenvalue weighted by atomic mass is 79.9. The van der Waals surface area contributed by atoms with E-state index >= 15 is 0 Å². The van der Waals surface area contributed by atoms with Crippen molar-refractivity contribution in [1.29, 1.82) is 0 Å². The van der Waals surface area contributed by atoms with E-state index in [4.69, 9.17) is 23.2 Å². The fraction of sp³-hybridized carbons (Fsp3) is 0.538. The van der Waals surface area contributed by atoms with Gasteiger partial charge in [0.05, 0.1) is 15.7 Å². The first-order valence-corrected chi connectivity index (χ1v) is 7.90. The molecule has 106 valence electrons. The molecule has 1 N–H and O–H groups in total. The van der Waals surface area contributed by atoms with Gasteiger partial charge in [-0.3, -0.25) is 4.90 Å². The molecule has 1 aliphatic heterocycles. The van der Waals surface area contributed by atoms with E-state index in [0.29, 0.717) is 10.0 Å². The van der Waals surface area contributed by atoms with Gasteiger partial charge < -0.3 is 10.2 Å². The van der Waals surface area contributed by atoms with Crippen LogP contribution in [0.4, 0.5) is 5.69 Å². The Bertz CT molecular complexity index is 411. The van der Waals surface area contributed by atoms with E-state index in [1.54, 1.807) is 0 Å². The predicted octanol–water partition coefficient (Wildman–Crippen LogP) is 3.42. The molecule has 0 saturated carbocycles. The van der Waals surface area contributed by atoms with Gasteiger partial charge in [-0.25, -0.2) is 0 Å². The summed E-state index contributed by atoms with van der Waals surface area (Å²) in [6, 6.07) is 3.71. The Kier molecular flexibility index (Phi) is 5.78. The van der Waals surface area contributed by atoms with Crippen molar-refractivity contribution < 1.29 is 0 Å². The molecule has 0 spiro atoms. The van der Waals surface area contributed by atoms with Gasteiger partial charge >= 0.3 is 0 Å². The Balaban J connectivity index is 1.83. The van der Waals surface area contributed by atoms with Crippen molar-refractivity contribution in [3.05, 3.63) is 26.7 Å². The summed E-state index contributed by atoms with van der Waals surface area (Å²) in [6.07, 6.45) is 0. The van der Waals surface area contributed by atoms with Gasteiger partial charge in [0.2, 0.25) is 0 Å². The van der Waals surface area contributed by atoms with Crippen LogP contribution in [0.1, 0.15) is 0 Å². The molecule has 1 aliphatic rings. The molecule has 1 aromatic carbocycles. The van der Waals surface area contributed by atoms with E-state index in [0.717, 1.165) is 49.4 Å². The lowest BCUT2D eigenvalue weighted by atomic mass is 10.3. The second-order valence-corrected chi connectivity index (χ2v) is 6.55. The molecule has 1 aromatic rings. The fourth-order valence-electron chi connectivity index (χ4n) is 2.12. The topological polar surface area (TPSA) is 18.5 Å². The zero-order valence-corrected chi connectivity index (χ0v) is 14.0. The number of piperazine rings is 1. The number of halogens is 3. The summed E-state index contributed by atoms with van der Waals surface area (Å²) in [5.41, 5.74) is 0.820. The van der Waals surface area contributed by atoms with E-state index in [-0.39, 0.29) is 0 Å². The molecule has 0 bridgehead atoms. The zero-order valence-electron chi connectivity index (χ0n) is 10.9. The lowest BCUT2D eigenvalue weighted by Crippen LogP contribution is -2.45. The van der Waals surface area contributed by atoms with Gasteiger partial charge in [0, 0.05) is 43.7 Å². The van der Waals surface area contributed by atoms with Crippen molar-refractivity contribution in [1.82, 2.24) is 9.80 Å². The number of rotatable bonds is 4. The molecule has 0 aliphatic carbocycles. The van der Waals surface area contributed by atoms with Crippen molar-refractivity contribution in [2.24, 2.45) is 0 Å². The summed E-state index contributed by atoms with van der Waals surface area (Å²) in [4.78, 5) is 4.81. The number of likely N-dealkylation sites (N-methyl/N-ethyl adjacent to an activating group) is 1. The first-order chi connectivity index (χ1) is 9.06. The number of benzene rings is 1. The van der Waals surface area contributed by atoms with Gasteiger partial charge in [-0.05, 0) is 19.2 Å². The SMILES string of the molecule is CN1CCN(CCNc2c(Cl)cc(Br)cc2Cl)CC1. The highest BCUT2D eigenvalue weighted by Gasteiger charge is 2.13. The van der Waals surface area contributed by atoms with Crippen molar-refractivity contribution in [3.63, 3.8) is 0 Å². The summed E-state index contributed by atoms with van der Waals surface area (Å²) in [7, 11) is 2.16. The van der Waals surface area contributed by atoms with Crippen LogP contribution in [0, 0.1) is 0 Å². The summed E-state index contributed by atoms with van der Waals surface area (Å²) in [5.74, 6) is 0. The predicted molar refractivity (Wildman–Crippen MR) is 86.6 cm³/mol. The highest BCUT2D eigenvalue weighted by molar-refractivity contribution is 9.10. The molecule has 6 heteroatoms. The number of nitrogens with one attached hydrogen (secondary N) is 1. The Labute approximate surface area is 133 Å². The molecular weight excluding hydrogens is 349 g/mol. The minimum Gasteiger partial charge on any atom is -0.381 e. The van der Waals surface area contributed by atoms with Crippen molar-refractivity contribution >= 4 is 44.8 Å². The van der Waals surface area contributed by atoms with Crippen LogP contribution in [0.15, 0.2) is 16.6 Å². The van der Waals surface area contributed by atoms with E-state index in [1.807, 2.05) is 12.1 Å². The van der Waals surface area contributed by atoms with Gasteiger partial charge in [-0.15, -0.1) is 0 Å². The average molecular weight is 367 g/mol. The number of hydrogen-bond donors (Lipinski definition) is 1. The smallest absolute Gasteiger partial charge is 0.0720 e.